The van der Waals surface area contributed by atoms with Crippen molar-refractivity contribution in [3.05, 3.63) is 0 Å². The molecule has 1 rings (SSSR count). The quantitative estimate of drug-likeness (QED) is 0.661. The fraction of sp³-hybridized carbons (Fsp3) is 1.00. The van der Waals surface area contributed by atoms with Gasteiger partial charge in [-0.3, -0.25) is 0 Å². The monoisotopic (exact) mass is 250 g/mol. The fourth-order valence-electron chi connectivity index (χ4n) is 0.510. The fourth-order valence-corrected chi connectivity index (χ4v) is 0.510. The molecule has 110 valence electrons. The van der Waals surface area contributed by atoms with Crippen LogP contribution in [0, 0.1) is 0 Å². The lowest BCUT2D eigenvalue weighted by molar-refractivity contribution is 0.198. The summed E-state index contributed by atoms with van der Waals surface area (Å²) in [5.74, 6) is 0. The summed E-state index contributed by atoms with van der Waals surface area (Å²) in [5, 5.41) is 0. The third-order valence-electron chi connectivity index (χ3n) is 1.62. The molecule has 0 bridgehead atoms. The second kappa shape index (κ2) is 44.5. The van der Waals surface area contributed by atoms with Crippen molar-refractivity contribution in [2.75, 3.05) is 26.9 Å². The van der Waals surface area contributed by atoms with Crippen molar-refractivity contribution in [1.82, 2.24) is 0 Å². The maximum atomic E-state index is 4.94. The molecule has 0 aromatic heterocycles. The minimum atomic E-state index is 0.819. The predicted molar refractivity (Wildman–Crippen MR) is 80.9 cm³/mol. The molecule has 1 fully saturated rings. The number of unbranched alkanes of at least 4 members (excludes halogenated alkanes) is 1. The molecule has 0 spiro atoms. The van der Waals surface area contributed by atoms with Crippen LogP contribution in [-0.2, 0) is 9.47 Å². The molecule has 0 atom stereocenters. The Morgan fingerprint density at radius 3 is 1.18 bits per heavy atom. The molecule has 0 N–H and O–H groups in total. The predicted octanol–water partition coefficient (Wildman–Crippen LogP) is 5.31. The van der Waals surface area contributed by atoms with Crippen LogP contribution in [0.5, 0.6) is 0 Å². The number of hydrogen-bond donors (Lipinski definition) is 0. The van der Waals surface area contributed by atoms with Gasteiger partial charge in [0.05, 0.1) is 0 Å². The highest BCUT2D eigenvalue weighted by atomic mass is 16.5. The van der Waals surface area contributed by atoms with E-state index in [4.69, 9.17) is 4.74 Å². The van der Waals surface area contributed by atoms with Gasteiger partial charge in [-0.25, -0.2) is 0 Å². The van der Waals surface area contributed by atoms with Gasteiger partial charge in [-0.1, -0.05) is 54.4 Å². The average Bonchev–Trinajstić information content (AvgIpc) is 3.02. The Balaban J connectivity index is -0.0000000657. The van der Waals surface area contributed by atoms with Gasteiger partial charge in [-0.15, -0.1) is 0 Å². The van der Waals surface area contributed by atoms with Crippen molar-refractivity contribution in [2.45, 2.75) is 74.1 Å². The van der Waals surface area contributed by atoms with E-state index in [2.05, 4.69) is 18.6 Å². The molecule has 2 heteroatoms. The van der Waals surface area contributed by atoms with Crippen LogP contribution < -0.4 is 0 Å². The molecule has 0 aromatic carbocycles. The normalized spacial score (nSPS) is 11.3. The van der Waals surface area contributed by atoms with Crippen LogP contribution in [0.1, 0.15) is 74.1 Å². The summed E-state index contributed by atoms with van der Waals surface area (Å²) < 4.78 is 9.49. The topological polar surface area (TPSA) is 18.5 Å². The van der Waals surface area contributed by atoms with Crippen molar-refractivity contribution < 1.29 is 9.47 Å². The number of ether oxygens (including phenoxy) is 2. The molecule has 17 heavy (non-hydrogen) atoms. The second-order valence-corrected chi connectivity index (χ2v) is 2.90. The summed E-state index contributed by atoms with van der Waals surface area (Å²) in [6.07, 6.45) is 5.19. The molecule has 0 aromatic rings. The van der Waals surface area contributed by atoms with E-state index in [-0.39, 0.29) is 0 Å². The third kappa shape index (κ3) is 64.4. The van der Waals surface area contributed by atoms with E-state index in [0.717, 1.165) is 19.8 Å². The van der Waals surface area contributed by atoms with Gasteiger partial charge in [0.1, 0.15) is 0 Å². The lowest BCUT2D eigenvalue weighted by Crippen LogP contribution is -1.74. The Morgan fingerprint density at radius 1 is 0.824 bits per heavy atom. The van der Waals surface area contributed by atoms with E-state index < -0.39 is 0 Å². The maximum Gasteiger partial charge on any atom is 0.0466 e. The zero-order valence-electron chi connectivity index (χ0n) is 13.8. The lowest BCUT2D eigenvalue weighted by atomic mass is 10.4. The molecular formula is C15H38O2. The lowest BCUT2D eigenvalue weighted by Gasteiger charge is -1.76. The summed E-state index contributed by atoms with van der Waals surface area (Å²) in [4.78, 5) is 0. The van der Waals surface area contributed by atoms with Crippen LogP contribution in [0.4, 0.5) is 0 Å². The second-order valence-electron chi connectivity index (χ2n) is 2.90. The van der Waals surface area contributed by atoms with Crippen molar-refractivity contribution in [1.29, 1.82) is 0 Å². The third-order valence-corrected chi connectivity index (χ3v) is 1.62. The van der Waals surface area contributed by atoms with Crippen LogP contribution in [0.3, 0.4) is 0 Å². The molecule has 0 radical (unpaired) electrons. The Kier molecular flexibility index (Phi) is 67.3. The Hall–Kier alpha value is -0.0800. The van der Waals surface area contributed by atoms with Crippen molar-refractivity contribution >= 4 is 0 Å². The number of rotatable bonds is 2. The molecule has 0 amide bonds. The van der Waals surface area contributed by atoms with E-state index in [1.807, 2.05) is 34.6 Å². The van der Waals surface area contributed by atoms with Gasteiger partial charge >= 0.3 is 0 Å². The molecule has 2 nitrogen and oxygen atoms in total. The van der Waals surface area contributed by atoms with E-state index in [1.165, 1.54) is 25.7 Å². The minimum Gasteiger partial charge on any atom is -0.385 e. The summed E-state index contributed by atoms with van der Waals surface area (Å²) in [6, 6.07) is 0. The first kappa shape index (κ1) is 25.7. The van der Waals surface area contributed by atoms with Crippen molar-refractivity contribution in [3.63, 3.8) is 0 Å². The van der Waals surface area contributed by atoms with E-state index >= 15 is 0 Å². The Morgan fingerprint density at radius 2 is 1.12 bits per heavy atom. The molecule has 0 unspecified atom stereocenters. The number of methoxy groups -OCH3 is 1. The highest BCUT2D eigenvalue weighted by Gasteiger charge is 1.94. The molecule has 0 aliphatic carbocycles. The van der Waals surface area contributed by atoms with Crippen LogP contribution in [0.2, 0.25) is 0 Å². The van der Waals surface area contributed by atoms with Gasteiger partial charge < -0.3 is 9.47 Å². The highest BCUT2D eigenvalue weighted by molar-refractivity contribution is 4.43. The first-order chi connectivity index (χ1) is 8.33. The average molecular weight is 250 g/mol. The first-order valence-electron chi connectivity index (χ1n) is 7.40. The van der Waals surface area contributed by atoms with E-state index in [0.29, 0.717) is 0 Å². The van der Waals surface area contributed by atoms with Gasteiger partial charge in [0.15, 0.2) is 0 Å². The molecule has 1 aliphatic rings. The Bertz CT molecular complexity index is 46.3. The zero-order chi connectivity index (χ0) is 14.4. The molecular weight excluding hydrogens is 212 g/mol. The summed E-state index contributed by atoms with van der Waals surface area (Å²) in [7, 11) is 1.68. The molecule has 0 saturated carbocycles. The smallest absolute Gasteiger partial charge is 0.0466 e. The minimum absolute atomic E-state index is 0.819. The summed E-state index contributed by atoms with van der Waals surface area (Å²) in [5.41, 5.74) is 0. The van der Waals surface area contributed by atoms with Gasteiger partial charge in [0.25, 0.3) is 0 Å². The van der Waals surface area contributed by atoms with Gasteiger partial charge in [-0.05, 0) is 19.8 Å². The molecule has 1 aliphatic heterocycles. The maximum absolute atomic E-state index is 4.94. The Labute approximate surface area is 111 Å². The first-order valence-corrected chi connectivity index (χ1v) is 7.40. The highest BCUT2D eigenvalue weighted by Crippen LogP contribution is 1.98. The standard InChI is InChI=1S/C4H8O.C4H10.C3H8O.2C2H6/c1-2-4-5-3-1;2*1-3-4-2;2*1-2/h1-4H2;3-4H2,1-2H3;3H2,1-2H3;2*1-2H3. The van der Waals surface area contributed by atoms with Crippen LogP contribution >= 0.6 is 0 Å². The summed E-state index contributed by atoms with van der Waals surface area (Å²) in [6.45, 7) is 17.1. The van der Waals surface area contributed by atoms with Crippen molar-refractivity contribution in [2.24, 2.45) is 0 Å². The zero-order valence-corrected chi connectivity index (χ0v) is 13.8. The number of hydrogen-bond acceptors (Lipinski definition) is 2. The molecule has 1 heterocycles. The van der Waals surface area contributed by atoms with Crippen LogP contribution in [-0.4, -0.2) is 26.9 Å². The van der Waals surface area contributed by atoms with Gasteiger partial charge in [-0.2, -0.15) is 0 Å². The van der Waals surface area contributed by atoms with Gasteiger partial charge in [0, 0.05) is 26.9 Å². The summed E-state index contributed by atoms with van der Waals surface area (Å²) >= 11 is 0. The van der Waals surface area contributed by atoms with Crippen LogP contribution in [0.15, 0.2) is 0 Å². The van der Waals surface area contributed by atoms with E-state index in [1.54, 1.807) is 7.11 Å². The molecule has 1 saturated heterocycles. The van der Waals surface area contributed by atoms with Gasteiger partial charge in [0.2, 0.25) is 0 Å². The largest absolute Gasteiger partial charge is 0.385 e. The van der Waals surface area contributed by atoms with Crippen LogP contribution in [0.25, 0.3) is 0 Å². The van der Waals surface area contributed by atoms with Crippen molar-refractivity contribution in [3.8, 4) is 0 Å². The SMILES string of the molecule is C1CCOC1.CC.CC.CCCC.CCOC. The van der Waals surface area contributed by atoms with E-state index in [9.17, 15) is 0 Å².